The van der Waals surface area contributed by atoms with E-state index in [4.69, 9.17) is 23.2 Å². The number of carbonyl (C=O) groups excluding carboxylic acids is 1. The smallest absolute Gasteiger partial charge is 0.271 e. The van der Waals surface area contributed by atoms with Gasteiger partial charge in [0.2, 0.25) is 0 Å². The minimum Gasteiger partial charge on any atom is -0.506 e. The topological polar surface area (TPSA) is 92.5 Å². The molecule has 0 unspecified atom stereocenters. The number of nitrogens with one attached hydrogen (secondary N) is 1. The van der Waals surface area contributed by atoms with E-state index in [1.54, 1.807) is 0 Å². The van der Waals surface area contributed by atoms with Crippen LogP contribution in [-0.4, -0.2) is 15.9 Å². The number of nitro benzene ring substituents is 1. The normalized spacial score (nSPS) is 10.2. The molecule has 0 saturated carbocycles. The average Bonchev–Trinajstić information content (AvgIpc) is 2.43. The number of benzene rings is 2. The molecule has 8 heteroatoms. The molecule has 2 rings (SSSR count). The molecule has 2 N–H and O–H groups in total. The fraction of sp³-hybridized carbons (Fsp3) is 0. The Morgan fingerprint density at radius 2 is 1.81 bits per heavy atom. The van der Waals surface area contributed by atoms with Gasteiger partial charge in [0.1, 0.15) is 5.75 Å². The van der Waals surface area contributed by atoms with Crippen LogP contribution in [0.1, 0.15) is 10.4 Å². The molecular formula is C13H8Cl2N2O4. The Bertz CT molecular complexity index is 734. The molecule has 0 fully saturated rings. The van der Waals surface area contributed by atoms with E-state index in [0.29, 0.717) is 0 Å². The van der Waals surface area contributed by atoms with Crippen LogP contribution in [-0.2, 0) is 0 Å². The Kier molecular flexibility index (Phi) is 4.30. The molecule has 0 atom stereocenters. The maximum atomic E-state index is 12.0. The summed E-state index contributed by atoms with van der Waals surface area (Å²) in [4.78, 5) is 22.1. The van der Waals surface area contributed by atoms with Gasteiger partial charge < -0.3 is 10.4 Å². The molecule has 0 aliphatic rings. The highest BCUT2D eigenvalue weighted by Gasteiger charge is 2.14. The monoisotopic (exact) mass is 326 g/mol. The molecule has 108 valence electrons. The summed E-state index contributed by atoms with van der Waals surface area (Å²) in [5.74, 6) is -0.821. The molecule has 0 saturated heterocycles. The van der Waals surface area contributed by atoms with Crippen molar-refractivity contribution in [1.82, 2.24) is 0 Å². The lowest BCUT2D eigenvalue weighted by molar-refractivity contribution is -0.384. The van der Waals surface area contributed by atoms with Gasteiger partial charge in [-0.1, -0.05) is 23.2 Å². The highest BCUT2D eigenvalue weighted by atomic mass is 35.5. The van der Waals surface area contributed by atoms with Crippen molar-refractivity contribution in [1.29, 1.82) is 0 Å². The lowest BCUT2D eigenvalue weighted by Crippen LogP contribution is -2.12. The highest BCUT2D eigenvalue weighted by Crippen LogP contribution is 2.28. The van der Waals surface area contributed by atoms with E-state index >= 15 is 0 Å². The fourth-order valence-corrected chi connectivity index (χ4v) is 1.85. The molecular weight excluding hydrogens is 319 g/mol. The van der Waals surface area contributed by atoms with Gasteiger partial charge in [0, 0.05) is 17.7 Å². The van der Waals surface area contributed by atoms with Gasteiger partial charge in [0.05, 0.1) is 20.7 Å². The third-order valence-corrected chi connectivity index (χ3v) is 3.27. The van der Waals surface area contributed by atoms with E-state index in [-0.39, 0.29) is 32.7 Å². The Labute approximate surface area is 129 Å². The summed E-state index contributed by atoms with van der Waals surface area (Å²) in [5, 5.41) is 22.9. The number of phenolic OH excluding ortho intramolecular Hbond substituents is 1. The van der Waals surface area contributed by atoms with Crippen LogP contribution in [0.15, 0.2) is 36.4 Å². The summed E-state index contributed by atoms with van der Waals surface area (Å²) in [5.41, 5.74) is 0.0402. The standard InChI is InChI=1S/C13H8Cl2N2O4/c14-9-4-2-8(17(20)21)6-11(9)16-13(19)7-1-3-10(15)12(18)5-7/h1-6,18H,(H,16,19). The van der Waals surface area contributed by atoms with Gasteiger partial charge in [0.15, 0.2) is 0 Å². The number of hydrogen-bond acceptors (Lipinski definition) is 4. The van der Waals surface area contributed by atoms with Crippen LogP contribution in [0, 0.1) is 10.1 Å². The highest BCUT2D eigenvalue weighted by molar-refractivity contribution is 6.34. The minimum absolute atomic E-state index is 0.102. The van der Waals surface area contributed by atoms with Crippen molar-refractivity contribution < 1.29 is 14.8 Å². The van der Waals surface area contributed by atoms with Crippen molar-refractivity contribution in [3.8, 4) is 5.75 Å². The predicted molar refractivity (Wildman–Crippen MR) is 79.2 cm³/mol. The first-order valence-corrected chi connectivity index (χ1v) is 6.38. The van der Waals surface area contributed by atoms with Crippen molar-refractivity contribution in [2.75, 3.05) is 5.32 Å². The Morgan fingerprint density at radius 1 is 1.14 bits per heavy atom. The summed E-state index contributed by atoms with van der Waals surface area (Å²) >= 11 is 11.5. The fourth-order valence-electron chi connectivity index (χ4n) is 1.57. The minimum atomic E-state index is -0.597. The Hall–Kier alpha value is -2.31. The van der Waals surface area contributed by atoms with E-state index < -0.39 is 10.8 Å². The van der Waals surface area contributed by atoms with Crippen LogP contribution < -0.4 is 5.32 Å². The number of amides is 1. The number of aromatic hydroxyl groups is 1. The van der Waals surface area contributed by atoms with Crippen LogP contribution in [0.3, 0.4) is 0 Å². The van der Waals surface area contributed by atoms with Crippen molar-refractivity contribution in [3.05, 3.63) is 62.1 Å². The van der Waals surface area contributed by atoms with Crippen molar-refractivity contribution >= 4 is 40.5 Å². The van der Waals surface area contributed by atoms with Gasteiger partial charge in [-0.05, 0) is 24.3 Å². The summed E-state index contributed by atoms with van der Waals surface area (Å²) < 4.78 is 0. The van der Waals surface area contributed by atoms with Crippen LogP contribution in [0.25, 0.3) is 0 Å². The molecule has 0 aromatic heterocycles. The van der Waals surface area contributed by atoms with Gasteiger partial charge >= 0.3 is 0 Å². The molecule has 0 heterocycles. The van der Waals surface area contributed by atoms with Crippen molar-refractivity contribution in [2.45, 2.75) is 0 Å². The van der Waals surface area contributed by atoms with Gasteiger partial charge in [-0.25, -0.2) is 0 Å². The largest absolute Gasteiger partial charge is 0.506 e. The lowest BCUT2D eigenvalue weighted by Gasteiger charge is -2.08. The SMILES string of the molecule is O=C(Nc1cc([N+](=O)[O-])ccc1Cl)c1ccc(Cl)c(O)c1. The number of anilines is 1. The molecule has 0 radical (unpaired) electrons. The molecule has 21 heavy (non-hydrogen) atoms. The molecule has 1 amide bonds. The first-order chi connectivity index (χ1) is 9.88. The van der Waals surface area contributed by atoms with Crippen LogP contribution >= 0.6 is 23.2 Å². The second-order valence-electron chi connectivity index (χ2n) is 4.04. The van der Waals surface area contributed by atoms with E-state index in [1.165, 1.54) is 30.3 Å². The maximum absolute atomic E-state index is 12.0. The quantitative estimate of drug-likeness (QED) is 0.661. The van der Waals surface area contributed by atoms with Gasteiger partial charge in [-0.15, -0.1) is 0 Å². The van der Waals surface area contributed by atoms with Crippen molar-refractivity contribution in [2.24, 2.45) is 0 Å². The summed E-state index contributed by atoms with van der Waals surface area (Å²) in [7, 11) is 0. The summed E-state index contributed by atoms with van der Waals surface area (Å²) in [6.45, 7) is 0. The zero-order valence-electron chi connectivity index (χ0n) is 10.3. The number of phenols is 1. The molecule has 2 aromatic rings. The summed E-state index contributed by atoms with van der Waals surface area (Å²) in [6.07, 6.45) is 0. The molecule has 0 spiro atoms. The van der Waals surface area contributed by atoms with Crippen LogP contribution in [0.4, 0.5) is 11.4 Å². The predicted octanol–water partition coefficient (Wildman–Crippen LogP) is 3.86. The molecule has 0 aliphatic heterocycles. The summed E-state index contributed by atoms with van der Waals surface area (Å²) in [6, 6.07) is 7.64. The maximum Gasteiger partial charge on any atom is 0.271 e. The Morgan fingerprint density at radius 3 is 2.43 bits per heavy atom. The average molecular weight is 327 g/mol. The van der Waals surface area contributed by atoms with Crippen LogP contribution in [0.5, 0.6) is 5.75 Å². The first-order valence-electron chi connectivity index (χ1n) is 5.62. The van der Waals surface area contributed by atoms with E-state index in [0.717, 1.165) is 6.07 Å². The zero-order valence-corrected chi connectivity index (χ0v) is 11.9. The number of non-ortho nitro benzene ring substituents is 1. The molecule has 0 bridgehead atoms. The third kappa shape index (κ3) is 3.42. The zero-order chi connectivity index (χ0) is 15.6. The van der Waals surface area contributed by atoms with Gasteiger partial charge in [0.25, 0.3) is 11.6 Å². The van der Waals surface area contributed by atoms with Crippen molar-refractivity contribution in [3.63, 3.8) is 0 Å². The molecule has 2 aromatic carbocycles. The number of carbonyl (C=O) groups is 1. The number of rotatable bonds is 3. The number of nitrogens with zero attached hydrogens (tertiary/aromatic N) is 1. The van der Waals surface area contributed by atoms with E-state index in [9.17, 15) is 20.0 Å². The lowest BCUT2D eigenvalue weighted by atomic mass is 10.2. The second kappa shape index (κ2) is 5.99. The third-order valence-electron chi connectivity index (χ3n) is 2.62. The number of halogens is 2. The van der Waals surface area contributed by atoms with Gasteiger partial charge in [-0.3, -0.25) is 14.9 Å². The van der Waals surface area contributed by atoms with Crippen LogP contribution in [0.2, 0.25) is 10.0 Å². The number of hydrogen-bond donors (Lipinski definition) is 2. The molecule has 0 aliphatic carbocycles. The first kappa shape index (κ1) is 15.1. The van der Waals surface area contributed by atoms with E-state index in [1.807, 2.05) is 0 Å². The number of nitro groups is 1. The second-order valence-corrected chi connectivity index (χ2v) is 4.86. The Balaban J connectivity index is 2.28. The van der Waals surface area contributed by atoms with E-state index in [2.05, 4.69) is 5.32 Å². The van der Waals surface area contributed by atoms with Gasteiger partial charge in [-0.2, -0.15) is 0 Å². The molecule has 6 nitrogen and oxygen atoms in total.